The van der Waals surface area contributed by atoms with E-state index in [2.05, 4.69) is 14.9 Å². The molecule has 182 valence electrons. The number of carbonyl (C=O) groups excluding carboxylic acids is 1. The normalized spacial score (nSPS) is 14.2. The van der Waals surface area contributed by atoms with Gasteiger partial charge in [-0.15, -0.1) is 0 Å². The Hall–Kier alpha value is -3.02. The molecule has 1 fully saturated rings. The van der Waals surface area contributed by atoms with Gasteiger partial charge in [-0.3, -0.25) is 14.6 Å². The summed E-state index contributed by atoms with van der Waals surface area (Å²) in [5.41, 5.74) is 0.997. The van der Waals surface area contributed by atoms with Gasteiger partial charge in [-0.1, -0.05) is 11.3 Å². The lowest BCUT2D eigenvalue weighted by atomic mass is 10.3. The zero-order chi connectivity index (χ0) is 23.9. The van der Waals surface area contributed by atoms with Gasteiger partial charge in [0.25, 0.3) is 5.91 Å². The number of morpholine rings is 1. The third-order valence-electron chi connectivity index (χ3n) is 5.39. The number of thiazole rings is 1. The highest BCUT2D eigenvalue weighted by molar-refractivity contribution is 7.22. The average molecular weight is 488 g/mol. The molecule has 10 nitrogen and oxygen atoms in total. The molecule has 0 radical (unpaired) electrons. The standard InChI is InChI=1S/C23H29N5O5S/c1-4-33-16-6-7-17-19(14-16)34-23(25-17)28(9-5-8-27-10-12-32-13-11-27)21(29)18-15-20(30-2)26-22(24-18)31-3/h6-7,14-15H,4-5,8-13H2,1-3H3. The molecule has 11 heteroatoms. The van der Waals surface area contributed by atoms with Gasteiger partial charge in [-0.25, -0.2) is 4.98 Å². The van der Waals surface area contributed by atoms with Crippen molar-refractivity contribution in [3.05, 3.63) is 30.0 Å². The van der Waals surface area contributed by atoms with Crippen molar-refractivity contribution in [1.29, 1.82) is 0 Å². The molecule has 0 N–H and O–H groups in total. The SMILES string of the molecule is CCOc1ccc2nc(N(CCCN3CCOCC3)C(=O)c3cc(OC)nc(OC)n3)sc2c1. The predicted molar refractivity (Wildman–Crippen MR) is 129 cm³/mol. The summed E-state index contributed by atoms with van der Waals surface area (Å²) < 4.78 is 22.4. The molecule has 0 bridgehead atoms. The Morgan fingerprint density at radius 2 is 1.97 bits per heavy atom. The van der Waals surface area contributed by atoms with Crippen LogP contribution < -0.4 is 19.1 Å². The highest BCUT2D eigenvalue weighted by Gasteiger charge is 2.24. The number of aromatic nitrogens is 3. The lowest BCUT2D eigenvalue weighted by molar-refractivity contribution is 0.0376. The molecule has 3 aromatic rings. The molecule has 0 unspecified atom stereocenters. The van der Waals surface area contributed by atoms with E-state index in [9.17, 15) is 4.79 Å². The largest absolute Gasteiger partial charge is 0.494 e. The number of anilines is 1. The zero-order valence-corrected chi connectivity index (χ0v) is 20.5. The van der Waals surface area contributed by atoms with Gasteiger partial charge in [0.2, 0.25) is 5.88 Å². The molecule has 4 rings (SSSR count). The van der Waals surface area contributed by atoms with E-state index in [0.29, 0.717) is 18.3 Å². The van der Waals surface area contributed by atoms with E-state index in [4.69, 9.17) is 23.9 Å². The monoisotopic (exact) mass is 487 g/mol. The van der Waals surface area contributed by atoms with Crippen molar-refractivity contribution >= 4 is 32.6 Å². The molecule has 0 aliphatic carbocycles. The Labute approximate surface area is 202 Å². The van der Waals surface area contributed by atoms with Crippen LogP contribution in [0.15, 0.2) is 24.3 Å². The first-order valence-electron chi connectivity index (χ1n) is 11.2. The second-order valence-electron chi connectivity index (χ2n) is 7.61. The van der Waals surface area contributed by atoms with E-state index in [1.54, 1.807) is 4.90 Å². The maximum Gasteiger partial charge on any atom is 0.320 e. The van der Waals surface area contributed by atoms with Crippen molar-refractivity contribution in [3.63, 3.8) is 0 Å². The molecular formula is C23H29N5O5S. The van der Waals surface area contributed by atoms with Gasteiger partial charge < -0.3 is 18.9 Å². The summed E-state index contributed by atoms with van der Waals surface area (Å²) in [6.45, 7) is 7.16. The fraction of sp³-hybridized carbons (Fsp3) is 0.478. The van der Waals surface area contributed by atoms with Crippen LogP contribution in [0, 0.1) is 0 Å². The Kier molecular flexibility index (Phi) is 8.09. The summed E-state index contributed by atoms with van der Waals surface area (Å²) in [7, 11) is 2.94. The highest BCUT2D eigenvalue weighted by Crippen LogP contribution is 2.32. The zero-order valence-electron chi connectivity index (χ0n) is 19.7. The average Bonchev–Trinajstić information content (AvgIpc) is 3.29. The Morgan fingerprint density at radius 1 is 1.15 bits per heavy atom. The first-order valence-corrected chi connectivity index (χ1v) is 12.1. The van der Waals surface area contributed by atoms with Gasteiger partial charge in [0.1, 0.15) is 11.4 Å². The van der Waals surface area contributed by atoms with E-state index >= 15 is 0 Å². The van der Waals surface area contributed by atoms with Gasteiger partial charge in [0.15, 0.2) is 5.13 Å². The molecule has 3 heterocycles. The van der Waals surface area contributed by atoms with Crippen LogP contribution >= 0.6 is 11.3 Å². The molecule has 34 heavy (non-hydrogen) atoms. The molecular weight excluding hydrogens is 458 g/mol. The van der Waals surface area contributed by atoms with Crippen molar-refractivity contribution < 1.29 is 23.7 Å². The molecule has 1 aliphatic heterocycles. The molecule has 0 spiro atoms. The molecule has 1 aromatic carbocycles. The first kappa shape index (κ1) is 24.1. The summed E-state index contributed by atoms with van der Waals surface area (Å²) in [6, 6.07) is 7.34. The molecule has 1 amide bonds. The molecule has 1 aliphatic rings. The van der Waals surface area contributed by atoms with Crippen LogP contribution in [0.5, 0.6) is 17.6 Å². The fourth-order valence-electron chi connectivity index (χ4n) is 3.67. The molecule has 0 saturated carbocycles. The summed E-state index contributed by atoms with van der Waals surface area (Å²) >= 11 is 1.45. The van der Waals surface area contributed by atoms with Crippen molar-refractivity contribution in [3.8, 4) is 17.6 Å². The summed E-state index contributed by atoms with van der Waals surface area (Å²) in [4.78, 5) is 30.8. The van der Waals surface area contributed by atoms with Crippen LogP contribution in [-0.4, -0.2) is 86.0 Å². The second-order valence-corrected chi connectivity index (χ2v) is 8.61. The Balaban J connectivity index is 1.62. The third kappa shape index (κ3) is 5.72. The van der Waals surface area contributed by atoms with Crippen LogP contribution in [0.3, 0.4) is 0 Å². The minimum Gasteiger partial charge on any atom is -0.494 e. The molecule has 0 atom stereocenters. The number of rotatable bonds is 10. The van der Waals surface area contributed by atoms with Crippen LogP contribution in [0.1, 0.15) is 23.8 Å². The number of fused-ring (bicyclic) bond motifs is 1. The van der Waals surface area contributed by atoms with Crippen LogP contribution in [0.4, 0.5) is 5.13 Å². The Morgan fingerprint density at radius 3 is 2.71 bits per heavy atom. The topological polar surface area (TPSA) is 99.1 Å². The maximum absolute atomic E-state index is 13.6. The lowest BCUT2D eigenvalue weighted by Gasteiger charge is -2.27. The lowest BCUT2D eigenvalue weighted by Crippen LogP contribution is -2.39. The van der Waals surface area contributed by atoms with Crippen molar-refractivity contribution in [1.82, 2.24) is 19.9 Å². The van der Waals surface area contributed by atoms with Crippen molar-refractivity contribution in [2.45, 2.75) is 13.3 Å². The third-order valence-corrected chi connectivity index (χ3v) is 6.43. The van der Waals surface area contributed by atoms with Gasteiger partial charge in [-0.05, 0) is 31.5 Å². The van der Waals surface area contributed by atoms with E-state index in [1.807, 2.05) is 25.1 Å². The van der Waals surface area contributed by atoms with Crippen molar-refractivity contribution in [2.75, 3.05) is 65.1 Å². The number of carbonyl (C=O) groups is 1. The number of methoxy groups -OCH3 is 2. The number of nitrogens with zero attached hydrogens (tertiary/aromatic N) is 5. The fourth-order valence-corrected chi connectivity index (χ4v) is 4.69. The van der Waals surface area contributed by atoms with E-state index in [1.165, 1.54) is 31.6 Å². The number of ether oxygens (including phenoxy) is 4. The smallest absolute Gasteiger partial charge is 0.320 e. The molecule has 2 aromatic heterocycles. The second kappa shape index (κ2) is 11.4. The number of amides is 1. The van der Waals surface area contributed by atoms with E-state index in [0.717, 1.165) is 55.2 Å². The molecule has 1 saturated heterocycles. The van der Waals surface area contributed by atoms with E-state index in [-0.39, 0.29) is 23.5 Å². The van der Waals surface area contributed by atoms with Crippen LogP contribution in [0.25, 0.3) is 10.2 Å². The number of hydrogen-bond acceptors (Lipinski definition) is 10. The first-order chi connectivity index (χ1) is 16.6. The van der Waals surface area contributed by atoms with E-state index < -0.39 is 0 Å². The van der Waals surface area contributed by atoms with Gasteiger partial charge >= 0.3 is 6.01 Å². The summed E-state index contributed by atoms with van der Waals surface area (Å²) in [5.74, 6) is 0.750. The Bertz CT molecular complexity index is 1100. The van der Waals surface area contributed by atoms with Crippen LogP contribution in [0.2, 0.25) is 0 Å². The number of benzene rings is 1. The van der Waals surface area contributed by atoms with Gasteiger partial charge in [0, 0.05) is 32.2 Å². The van der Waals surface area contributed by atoms with Gasteiger partial charge in [-0.2, -0.15) is 9.97 Å². The minimum absolute atomic E-state index is 0.0709. The highest BCUT2D eigenvalue weighted by atomic mass is 32.1. The maximum atomic E-state index is 13.6. The minimum atomic E-state index is -0.287. The predicted octanol–water partition coefficient (Wildman–Crippen LogP) is 2.87. The number of hydrogen-bond donors (Lipinski definition) is 0. The van der Waals surface area contributed by atoms with Crippen LogP contribution in [-0.2, 0) is 4.74 Å². The van der Waals surface area contributed by atoms with Crippen molar-refractivity contribution in [2.24, 2.45) is 0 Å². The summed E-state index contributed by atoms with van der Waals surface area (Å²) in [6.07, 6.45) is 0.783. The van der Waals surface area contributed by atoms with Gasteiger partial charge in [0.05, 0.1) is 44.3 Å². The quantitative estimate of drug-likeness (QED) is 0.427. The summed E-state index contributed by atoms with van der Waals surface area (Å²) in [5, 5.41) is 0.604.